The molecule has 0 fully saturated rings. The van der Waals surface area contributed by atoms with E-state index in [1.165, 1.54) is 13.0 Å². The first-order valence-electron chi connectivity index (χ1n) is 2.10. The standard InChI is InChI=1S/C5H4BF.Na.H/c7-5-3-1-2-4-6-5;;/h1-4H;;/q;+1;-1. The van der Waals surface area contributed by atoms with E-state index < -0.39 is 0 Å². The Morgan fingerprint density at radius 2 is 2.25 bits per heavy atom. The summed E-state index contributed by atoms with van der Waals surface area (Å²) in [6, 6.07) is 4.86. The Balaban J connectivity index is 0. The molecule has 0 unspecified atom stereocenters. The van der Waals surface area contributed by atoms with Crippen molar-refractivity contribution >= 4 is 6.91 Å². The smallest absolute Gasteiger partial charge is 1.00 e. The minimum atomic E-state index is -0.178. The summed E-state index contributed by atoms with van der Waals surface area (Å²) in [5.41, 5.74) is -0.178. The van der Waals surface area contributed by atoms with Crippen LogP contribution in [0.1, 0.15) is 1.43 Å². The van der Waals surface area contributed by atoms with E-state index in [9.17, 15) is 4.39 Å². The van der Waals surface area contributed by atoms with Gasteiger partial charge in [-0.15, -0.1) is 0 Å². The van der Waals surface area contributed by atoms with Gasteiger partial charge >= 0.3 is 70.7 Å². The van der Waals surface area contributed by atoms with Gasteiger partial charge in [-0.1, -0.05) is 0 Å². The molecule has 8 heavy (non-hydrogen) atoms. The number of hydrogen-bond donors (Lipinski definition) is 0. The Hall–Kier alpha value is 0.345. The molecule has 1 aromatic rings. The molecule has 36 valence electrons. The van der Waals surface area contributed by atoms with Crippen LogP contribution in [-0.2, 0) is 0 Å². The van der Waals surface area contributed by atoms with Crippen LogP contribution in [0.5, 0.6) is 0 Å². The van der Waals surface area contributed by atoms with E-state index in [-0.39, 0.29) is 36.7 Å². The third-order valence-electron chi connectivity index (χ3n) is 0.733. The summed E-state index contributed by atoms with van der Waals surface area (Å²) in [7, 11) is 0. The number of hydrogen-bond acceptors (Lipinski definition) is 0. The minimum absolute atomic E-state index is 0. The fraction of sp³-hybridized carbons (Fsp3) is 0. The van der Waals surface area contributed by atoms with Crippen LogP contribution in [0.25, 0.3) is 0 Å². The van der Waals surface area contributed by atoms with Gasteiger partial charge in [0, 0.05) is 0 Å². The van der Waals surface area contributed by atoms with Gasteiger partial charge in [-0.3, -0.25) is 0 Å². The number of halogens is 1. The summed E-state index contributed by atoms with van der Waals surface area (Å²) in [6.07, 6.45) is 0. The fourth-order valence-electron chi connectivity index (χ4n) is 0.415. The molecule has 0 radical (unpaired) electrons. The first-order valence-corrected chi connectivity index (χ1v) is 2.10. The Kier molecular flexibility index (Phi) is 4.43. The first-order chi connectivity index (χ1) is 3.39. The molecule has 0 aliphatic carbocycles. The molecule has 0 aliphatic rings. The van der Waals surface area contributed by atoms with E-state index in [1.54, 1.807) is 18.1 Å². The second kappa shape index (κ2) is 4.25. The molecule has 0 N–H and O–H groups in total. The molecule has 0 aliphatic heterocycles. The zero-order valence-electron chi connectivity index (χ0n) is 5.76. The Morgan fingerprint density at radius 1 is 1.50 bits per heavy atom. The van der Waals surface area contributed by atoms with Crippen LogP contribution in [-0.4, -0.2) is 6.91 Å². The van der Waals surface area contributed by atoms with Crippen molar-refractivity contribution < 1.29 is 35.4 Å². The molecule has 0 saturated carbocycles. The maximum absolute atomic E-state index is 11.9. The average Bonchev–Trinajstić information content (AvgIpc) is 1.69. The van der Waals surface area contributed by atoms with E-state index in [4.69, 9.17) is 0 Å². The monoisotopic (exact) mass is 118 g/mol. The van der Waals surface area contributed by atoms with Crippen LogP contribution in [0.15, 0.2) is 24.2 Å². The van der Waals surface area contributed by atoms with Gasteiger partial charge in [0.1, 0.15) is 0 Å². The molecule has 3 heteroatoms. The molecule has 0 aromatic carbocycles. The van der Waals surface area contributed by atoms with Gasteiger partial charge in [0.15, 0.2) is 0 Å². The van der Waals surface area contributed by atoms with Gasteiger partial charge in [-0.2, -0.15) is 0 Å². The van der Waals surface area contributed by atoms with Crippen molar-refractivity contribution in [3.63, 3.8) is 0 Å². The molecule has 1 heterocycles. The Morgan fingerprint density at radius 3 is 2.50 bits per heavy atom. The van der Waals surface area contributed by atoms with Crippen LogP contribution in [0, 0.1) is 5.71 Å². The third kappa shape index (κ3) is 2.60. The quantitative estimate of drug-likeness (QED) is 0.355. The topological polar surface area (TPSA) is 0 Å². The van der Waals surface area contributed by atoms with Gasteiger partial charge in [0.25, 0.3) is 0 Å². The maximum atomic E-state index is 11.9. The maximum Gasteiger partial charge on any atom is 1.00 e. The Labute approximate surface area is 72.1 Å². The van der Waals surface area contributed by atoms with Gasteiger partial charge < -0.3 is 1.43 Å². The molecule has 0 amide bonds. The van der Waals surface area contributed by atoms with E-state index >= 15 is 0 Å². The average molecular weight is 118 g/mol. The first kappa shape index (κ1) is 8.34. The van der Waals surface area contributed by atoms with Crippen molar-refractivity contribution in [1.29, 1.82) is 0 Å². The SMILES string of the molecule is Fc1bcccc1.[H-].[Na+]. The largest absolute Gasteiger partial charge is 1.00 e. The molecule has 0 bridgehead atoms. The number of rotatable bonds is 0. The van der Waals surface area contributed by atoms with Crippen molar-refractivity contribution in [1.82, 2.24) is 0 Å². The minimum Gasteiger partial charge on any atom is -1.00 e. The summed E-state index contributed by atoms with van der Waals surface area (Å²) in [4.78, 5) is 0. The van der Waals surface area contributed by atoms with Gasteiger partial charge in [0.2, 0.25) is 0 Å². The summed E-state index contributed by atoms with van der Waals surface area (Å²) in [5.74, 6) is 1.66. The van der Waals surface area contributed by atoms with Gasteiger partial charge in [-0.25, -0.2) is 0 Å². The zero-order chi connectivity index (χ0) is 5.11. The summed E-state index contributed by atoms with van der Waals surface area (Å²) in [5, 5.41) is 0. The third-order valence-corrected chi connectivity index (χ3v) is 0.733. The summed E-state index contributed by atoms with van der Waals surface area (Å²) >= 11 is 0. The second-order valence-electron chi connectivity index (χ2n) is 1.30. The summed E-state index contributed by atoms with van der Waals surface area (Å²) < 4.78 is 11.9. The normalized spacial score (nSPS) is 7.12. The predicted molar refractivity (Wildman–Crippen MR) is 28.9 cm³/mol. The second-order valence-corrected chi connectivity index (χ2v) is 1.30. The fourth-order valence-corrected chi connectivity index (χ4v) is 0.415. The molecule has 0 spiro atoms. The Bertz CT molecular complexity index is 147. The molecule has 1 rings (SSSR count). The van der Waals surface area contributed by atoms with Crippen LogP contribution in [0.3, 0.4) is 0 Å². The van der Waals surface area contributed by atoms with E-state index in [1.807, 2.05) is 0 Å². The summed E-state index contributed by atoms with van der Waals surface area (Å²) in [6.45, 7) is 1.42. The molecule has 1 aromatic heterocycles. The van der Waals surface area contributed by atoms with Crippen molar-refractivity contribution in [2.45, 2.75) is 0 Å². The van der Waals surface area contributed by atoms with Crippen LogP contribution in [0.4, 0.5) is 4.39 Å². The molecular weight excluding hydrogens is 113 g/mol. The van der Waals surface area contributed by atoms with Crippen molar-refractivity contribution in [2.75, 3.05) is 0 Å². The van der Waals surface area contributed by atoms with Crippen LogP contribution >= 0.6 is 0 Å². The molecule has 0 atom stereocenters. The molecule has 0 nitrogen and oxygen atoms in total. The van der Waals surface area contributed by atoms with Crippen molar-refractivity contribution in [3.8, 4) is 0 Å². The van der Waals surface area contributed by atoms with Crippen LogP contribution in [0.2, 0.25) is 0 Å². The van der Waals surface area contributed by atoms with Gasteiger partial charge in [0.05, 0.1) is 0 Å². The molecular formula is C5H5BFNa. The zero-order valence-corrected chi connectivity index (χ0v) is 6.76. The van der Waals surface area contributed by atoms with Crippen molar-refractivity contribution in [2.24, 2.45) is 0 Å². The predicted octanol–water partition coefficient (Wildman–Crippen LogP) is -1.72. The van der Waals surface area contributed by atoms with E-state index in [0.717, 1.165) is 0 Å². The van der Waals surface area contributed by atoms with Crippen molar-refractivity contribution in [3.05, 3.63) is 29.9 Å². The molecule has 0 saturated heterocycles. The van der Waals surface area contributed by atoms with Gasteiger partial charge in [-0.05, 0) is 0 Å². The van der Waals surface area contributed by atoms with E-state index in [2.05, 4.69) is 0 Å². The van der Waals surface area contributed by atoms with E-state index in [0.29, 0.717) is 0 Å². The van der Waals surface area contributed by atoms with Crippen LogP contribution < -0.4 is 29.6 Å².